The van der Waals surface area contributed by atoms with Crippen molar-refractivity contribution in [1.29, 1.82) is 0 Å². The lowest BCUT2D eigenvalue weighted by molar-refractivity contribution is 0.102. The molecule has 0 amide bonds. The molecule has 2 rings (SSSR count). The van der Waals surface area contributed by atoms with Crippen molar-refractivity contribution in [1.82, 2.24) is 4.98 Å². The first-order chi connectivity index (χ1) is 9.49. The van der Waals surface area contributed by atoms with Crippen LogP contribution >= 0.6 is 23.4 Å². The summed E-state index contributed by atoms with van der Waals surface area (Å²) in [6.45, 7) is 5.99. The zero-order chi connectivity index (χ0) is 14.7. The van der Waals surface area contributed by atoms with E-state index in [1.165, 1.54) is 17.3 Å². The lowest BCUT2D eigenvalue weighted by Crippen LogP contribution is -2.08. The summed E-state index contributed by atoms with van der Waals surface area (Å²) < 4.78 is 0. The summed E-state index contributed by atoms with van der Waals surface area (Å²) in [5.41, 5.74) is 4.05. The van der Waals surface area contributed by atoms with Gasteiger partial charge in [-0.25, -0.2) is 4.98 Å². The molecule has 0 aliphatic carbocycles. The molecule has 0 spiro atoms. The normalized spacial score (nSPS) is 10.6. The highest BCUT2D eigenvalue weighted by Gasteiger charge is 2.14. The Kier molecular flexibility index (Phi) is 4.84. The van der Waals surface area contributed by atoms with Crippen LogP contribution in [0.15, 0.2) is 35.5 Å². The number of thioether (sulfide) groups is 1. The fourth-order valence-electron chi connectivity index (χ4n) is 2.30. The zero-order valence-electron chi connectivity index (χ0n) is 11.7. The Morgan fingerprint density at radius 1 is 1.25 bits per heavy atom. The highest BCUT2D eigenvalue weighted by atomic mass is 35.5. The average Bonchev–Trinajstić information content (AvgIpc) is 2.36. The minimum Gasteiger partial charge on any atom is -0.293 e. The summed E-state index contributed by atoms with van der Waals surface area (Å²) in [6.07, 6.45) is 1.68. The second-order valence-corrected chi connectivity index (χ2v) is 6.15. The highest BCUT2D eigenvalue weighted by Crippen LogP contribution is 2.26. The molecule has 1 heterocycles. The topological polar surface area (TPSA) is 30.0 Å². The van der Waals surface area contributed by atoms with Crippen LogP contribution in [-0.2, 0) is 0 Å². The Hall–Kier alpha value is -1.32. The second kappa shape index (κ2) is 6.42. The fourth-order valence-corrected chi connectivity index (χ4v) is 3.34. The number of halogens is 1. The lowest BCUT2D eigenvalue weighted by atomic mass is 9.97. The molecule has 2 aromatic rings. The molecule has 1 aromatic carbocycles. The third-order valence-electron chi connectivity index (χ3n) is 3.02. The molecule has 0 aliphatic rings. The van der Waals surface area contributed by atoms with Gasteiger partial charge in [-0.2, -0.15) is 0 Å². The van der Waals surface area contributed by atoms with E-state index in [9.17, 15) is 4.79 Å². The van der Waals surface area contributed by atoms with Crippen LogP contribution in [0.2, 0.25) is 5.02 Å². The van der Waals surface area contributed by atoms with Crippen molar-refractivity contribution >= 4 is 29.1 Å². The number of aromatic nitrogens is 1. The molecule has 20 heavy (non-hydrogen) atoms. The fraction of sp³-hybridized carbons (Fsp3) is 0.250. The number of hydrogen-bond donors (Lipinski definition) is 0. The summed E-state index contributed by atoms with van der Waals surface area (Å²) >= 11 is 7.42. The number of ketones is 1. The van der Waals surface area contributed by atoms with Gasteiger partial charge in [0.05, 0.1) is 10.8 Å². The summed E-state index contributed by atoms with van der Waals surface area (Å²) in [7, 11) is 0. The first-order valence-electron chi connectivity index (χ1n) is 6.33. The predicted octanol–water partition coefficient (Wildman–Crippen LogP) is 4.64. The van der Waals surface area contributed by atoms with Crippen LogP contribution in [0, 0.1) is 20.8 Å². The molecule has 2 nitrogen and oxygen atoms in total. The average molecular weight is 306 g/mol. The maximum Gasteiger partial charge on any atom is 0.173 e. The number of carbonyl (C=O) groups is 1. The molecule has 0 unspecified atom stereocenters. The first-order valence-corrected chi connectivity index (χ1v) is 7.69. The van der Waals surface area contributed by atoms with Gasteiger partial charge in [-0.1, -0.05) is 41.1 Å². The third-order valence-corrected chi connectivity index (χ3v) is 4.44. The molecule has 104 valence electrons. The minimum atomic E-state index is 0.117. The Balaban J connectivity index is 2.16. The van der Waals surface area contributed by atoms with Crippen molar-refractivity contribution in [3.63, 3.8) is 0 Å². The molecule has 4 heteroatoms. The van der Waals surface area contributed by atoms with Crippen LogP contribution in [0.4, 0.5) is 0 Å². The second-order valence-electron chi connectivity index (χ2n) is 4.78. The third kappa shape index (κ3) is 3.41. The van der Waals surface area contributed by atoms with Crippen LogP contribution in [0.3, 0.4) is 0 Å². The molecular formula is C16H16ClNOS. The van der Waals surface area contributed by atoms with Gasteiger partial charge in [0.1, 0.15) is 5.03 Å². The summed E-state index contributed by atoms with van der Waals surface area (Å²) in [6, 6.07) is 7.64. The van der Waals surface area contributed by atoms with Crippen molar-refractivity contribution in [2.75, 3.05) is 5.75 Å². The molecule has 1 aromatic heterocycles. The number of carbonyl (C=O) groups excluding carboxylic acids is 1. The van der Waals surface area contributed by atoms with Crippen LogP contribution in [0.25, 0.3) is 0 Å². The maximum atomic E-state index is 12.4. The minimum absolute atomic E-state index is 0.117. The largest absolute Gasteiger partial charge is 0.293 e. The van der Waals surface area contributed by atoms with Crippen LogP contribution in [0.1, 0.15) is 27.0 Å². The van der Waals surface area contributed by atoms with Crippen molar-refractivity contribution in [3.05, 3.63) is 57.7 Å². The van der Waals surface area contributed by atoms with E-state index in [0.717, 1.165) is 16.7 Å². The molecule has 0 saturated heterocycles. The summed E-state index contributed by atoms with van der Waals surface area (Å²) in [5.74, 6) is 0.466. The van der Waals surface area contributed by atoms with Gasteiger partial charge in [-0.15, -0.1) is 0 Å². The van der Waals surface area contributed by atoms with Crippen molar-refractivity contribution in [3.8, 4) is 0 Å². The van der Waals surface area contributed by atoms with E-state index in [-0.39, 0.29) is 5.78 Å². The van der Waals surface area contributed by atoms with Gasteiger partial charge in [0.2, 0.25) is 0 Å². The standard InChI is InChI=1S/C16H16ClNOS/c1-10-7-11(2)15(12(3)8-10)14(19)9-20-16-13(17)5-4-6-18-16/h4-8H,9H2,1-3H3. The lowest BCUT2D eigenvalue weighted by Gasteiger charge is -2.10. The molecular weight excluding hydrogens is 290 g/mol. The molecule has 0 radical (unpaired) electrons. The summed E-state index contributed by atoms with van der Waals surface area (Å²) in [4.78, 5) is 16.6. The van der Waals surface area contributed by atoms with Crippen LogP contribution < -0.4 is 0 Å². The Labute approximate surface area is 128 Å². The molecule has 0 N–H and O–H groups in total. The predicted molar refractivity (Wildman–Crippen MR) is 85.0 cm³/mol. The smallest absolute Gasteiger partial charge is 0.173 e. The SMILES string of the molecule is Cc1cc(C)c(C(=O)CSc2ncccc2Cl)c(C)c1. The Morgan fingerprint density at radius 3 is 2.50 bits per heavy atom. The highest BCUT2D eigenvalue weighted by molar-refractivity contribution is 8.00. The van der Waals surface area contributed by atoms with Crippen LogP contribution in [0.5, 0.6) is 0 Å². The summed E-state index contributed by atoms with van der Waals surface area (Å²) in [5, 5.41) is 1.28. The Morgan fingerprint density at radius 2 is 1.90 bits per heavy atom. The maximum absolute atomic E-state index is 12.4. The molecule has 0 aliphatic heterocycles. The van der Waals surface area contributed by atoms with Crippen molar-refractivity contribution in [2.24, 2.45) is 0 Å². The number of hydrogen-bond acceptors (Lipinski definition) is 3. The number of benzene rings is 1. The van der Waals surface area contributed by atoms with Gasteiger partial charge < -0.3 is 0 Å². The molecule has 0 saturated carbocycles. The number of rotatable bonds is 4. The van der Waals surface area contributed by atoms with E-state index in [1.807, 2.05) is 32.9 Å². The number of Topliss-reactive ketones (excluding diaryl/α,β-unsaturated/α-hetero) is 1. The Bertz CT molecular complexity index is 632. The van der Waals surface area contributed by atoms with Gasteiger partial charge in [-0.3, -0.25) is 4.79 Å². The number of nitrogens with zero attached hydrogens (tertiary/aromatic N) is 1. The zero-order valence-corrected chi connectivity index (χ0v) is 13.3. The molecule has 0 atom stereocenters. The van der Waals surface area contributed by atoms with E-state index in [1.54, 1.807) is 18.3 Å². The number of aryl methyl sites for hydroxylation is 3. The molecule has 0 bridgehead atoms. The first kappa shape index (κ1) is 15.1. The van der Waals surface area contributed by atoms with Gasteiger partial charge in [0.15, 0.2) is 5.78 Å². The van der Waals surface area contributed by atoms with Gasteiger partial charge >= 0.3 is 0 Å². The van der Waals surface area contributed by atoms with Gasteiger partial charge in [-0.05, 0) is 44.0 Å². The molecule has 0 fully saturated rings. The van der Waals surface area contributed by atoms with Gasteiger partial charge in [0, 0.05) is 11.8 Å². The van der Waals surface area contributed by atoms with Crippen molar-refractivity contribution < 1.29 is 4.79 Å². The number of pyridine rings is 1. The van der Waals surface area contributed by atoms with E-state index < -0.39 is 0 Å². The van der Waals surface area contributed by atoms with Gasteiger partial charge in [0.25, 0.3) is 0 Å². The van der Waals surface area contributed by atoms with Crippen LogP contribution in [-0.4, -0.2) is 16.5 Å². The van der Waals surface area contributed by atoms with Crippen molar-refractivity contribution in [2.45, 2.75) is 25.8 Å². The van der Waals surface area contributed by atoms with E-state index in [0.29, 0.717) is 15.8 Å². The van der Waals surface area contributed by atoms with E-state index >= 15 is 0 Å². The quantitative estimate of drug-likeness (QED) is 0.609. The van der Waals surface area contributed by atoms with E-state index in [4.69, 9.17) is 11.6 Å². The monoisotopic (exact) mass is 305 g/mol. The van der Waals surface area contributed by atoms with E-state index in [2.05, 4.69) is 4.98 Å².